The molecule has 0 aliphatic heterocycles. The van der Waals surface area contributed by atoms with Gasteiger partial charge in [-0.1, -0.05) is 48.5 Å². The van der Waals surface area contributed by atoms with E-state index in [-0.39, 0.29) is 48.5 Å². The van der Waals surface area contributed by atoms with Gasteiger partial charge in [0.1, 0.15) is 11.5 Å². The number of esters is 4. The highest BCUT2D eigenvalue weighted by molar-refractivity contribution is 6.13. The van der Waals surface area contributed by atoms with Gasteiger partial charge < -0.3 is 18.9 Å². The van der Waals surface area contributed by atoms with Crippen molar-refractivity contribution in [2.45, 2.75) is 89.9 Å². The molecule has 0 unspecified atom stereocenters. The summed E-state index contributed by atoms with van der Waals surface area (Å²) in [5.41, 5.74) is 9.54. The monoisotopic (exact) mass is 966 g/mol. The highest BCUT2D eigenvalue weighted by atomic mass is 16.5. The largest absolute Gasteiger partial charge is 0.469 e. The molecule has 12 heteroatoms. The summed E-state index contributed by atoms with van der Waals surface area (Å²) in [6, 6.07) is 40.0. The first-order chi connectivity index (χ1) is 35.1. The topological polar surface area (TPSA) is 146 Å². The number of carbonyl (C=O) groups excluding carboxylic acids is 6. The zero-order valence-corrected chi connectivity index (χ0v) is 40.7. The molecule has 12 nitrogen and oxygen atoms in total. The van der Waals surface area contributed by atoms with Gasteiger partial charge in [-0.3, -0.25) is 38.6 Å². The molecular weight excluding hydrogens is 909 g/mol. The standard InChI is InChI=1S/C60H58N2O10/c1-69-55(63)37-41-25-35-53(51-19-11-9-17-49(41)51)57(65)61(43-13-5-3-6-14-43)45-27-31-47(32-28-45)71-59(67)39-21-23-40(24-22-39)60(68)72-48-33-29-46(30-34-48)62(44-15-7-4-8-16-44)58(66)54-36-26-42(38-56(64)70-2)50-18-10-12-20-52(50)54/h3-8,13-16,25-36,39-40H,9-12,17-24,37-38H2,1-2H3. The summed E-state index contributed by atoms with van der Waals surface area (Å²) in [7, 11) is 2.76. The number of hydrogen-bond donors (Lipinski definition) is 0. The first-order valence-electron chi connectivity index (χ1n) is 24.9. The van der Waals surface area contributed by atoms with Crippen LogP contribution in [0.15, 0.2) is 133 Å². The molecule has 72 heavy (non-hydrogen) atoms. The Balaban J connectivity index is 0.828. The van der Waals surface area contributed by atoms with Gasteiger partial charge >= 0.3 is 23.9 Å². The molecule has 3 aliphatic carbocycles. The third-order valence-electron chi connectivity index (χ3n) is 14.3. The number of carbonyl (C=O) groups is 6. The summed E-state index contributed by atoms with van der Waals surface area (Å²) in [5, 5.41) is 0. The van der Waals surface area contributed by atoms with Gasteiger partial charge in [0, 0.05) is 33.9 Å². The van der Waals surface area contributed by atoms with Crippen LogP contribution >= 0.6 is 0 Å². The van der Waals surface area contributed by atoms with E-state index >= 15 is 0 Å². The predicted molar refractivity (Wildman–Crippen MR) is 273 cm³/mol. The summed E-state index contributed by atoms with van der Waals surface area (Å²) >= 11 is 0. The lowest BCUT2D eigenvalue weighted by atomic mass is 9.82. The Hall–Kier alpha value is -7.86. The Bertz CT molecular complexity index is 2760. The van der Waals surface area contributed by atoms with Crippen LogP contribution in [-0.2, 0) is 67.2 Å². The smallest absolute Gasteiger partial charge is 0.314 e. The van der Waals surface area contributed by atoms with Gasteiger partial charge in [-0.05, 0) is 195 Å². The first kappa shape index (κ1) is 49.1. The second-order valence-electron chi connectivity index (χ2n) is 18.7. The number of hydrogen-bond acceptors (Lipinski definition) is 10. The molecule has 6 aromatic rings. The molecule has 2 amide bonds. The maximum atomic E-state index is 14.6. The van der Waals surface area contributed by atoms with Gasteiger partial charge in [-0.15, -0.1) is 0 Å². The number of nitrogens with zero attached hydrogens (tertiary/aromatic N) is 2. The molecule has 1 saturated carbocycles. The second-order valence-corrected chi connectivity index (χ2v) is 18.7. The minimum Gasteiger partial charge on any atom is -0.469 e. The molecule has 3 aliphatic rings. The van der Waals surface area contributed by atoms with Gasteiger partial charge in [0.2, 0.25) is 0 Å². The van der Waals surface area contributed by atoms with Crippen LogP contribution in [0.5, 0.6) is 11.5 Å². The van der Waals surface area contributed by atoms with Crippen LogP contribution in [0.4, 0.5) is 22.7 Å². The first-order valence-corrected chi connectivity index (χ1v) is 24.9. The minimum absolute atomic E-state index is 0.156. The third-order valence-corrected chi connectivity index (χ3v) is 14.3. The van der Waals surface area contributed by atoms with Crippen molar-refractivity contribution in [1.82, 2.24) is 0 Å². The fourth-order valence-corrected chi connectivity index (χ4v) is 10.5. The van der Waals surface area contributed by atoms with Crippen LogP contribution in [0.1, 0.15) is 105 Å². The number of rotatable bonds is 14. The molecule has 9 rings (SSSR count). The normalized spacial score (nSPS) is 16.0. The Morgan fingerprint density at radius 1 is 0.417 bits per heavy atom. The Morgan fingerprint density at radius 2 is 0.750 bits per heavy atom. The van der Waals surface area contributed by atoms with Crippen molar-refractivity contribution >= 4 is 58.4 Å². The van der Waals surface area contributed by atoms with E-state index in [2.05, 4.69) is 0 Å². The molecule has 0 spiro atoms. The SMILES string of the molecule is COC(=O)Cc1ccc(C(=O)N(c2ccccc2)c2ccc(OC(=O)C3CCC(C(=O)Oc4ccc(N(C(=O)c5ccc(CC(=O)OC)c6c5CCCC6)c5ccccc5)cc4)CC3)cc2)c2c1CCCC2. The third kappa shape index (κ3) is 10.9. The van der Waals surface area contributed by atoms with Crippen LogP contribution in [0.2, 0.25) is 0 Å². The molecule has 0 radical (unpaired) electrons. The van der Waals surface area contributed by atoms with Crippen molar-refractivity contribution in [2.75, 3.05) is 24.0 Å². The summed E-state index contributed by atoms with van der Waals surface area (Å²) in [5.74, 6) is -1.90. The lowest BCUT2D eigenvalue weighted by Crippen LogP contribution is -2.30. The zero-order valence-electron chi connectivity index (χ0n) is 40.7. The molecular formula is C60H58N2O10. The fraction of sp³-hybridized carbons (Fsp3) is 0.300. The van der Waals surface area contributed by atoms with Gasteiger partial charge in [0.05, 0.1) is 38.9 Å². The number of benzene rings is 6. The van der Waals surface area contributed by atoms with Gasteiger partial charge in [-0.25, -0.2) is 0 Å². The molecule has 0 saturated heterocycles. The number of amides is 2. The van der Waals surface area contributed by atoms with E-state index in [9.17, 15) is 28.8 Å². The highest BCUT2D eigenvalue weighted by Gasteiger charge is 2.33. The summed E-state index contributed by atoms with van der Waals surface area (Å²) < 4.78 is 21.6. The van der Waals surface area contributed by atoms with Crippen molar-refractivity contribution in [2.24, 2.45) is 11.8 Å². The molecule has 0 bridgehead atoms. The number of anilines is 4. The van der Waals surface area contributed by atoms with E-state index < -0.39 is 11.8 Å². The van der Waals surface area contributed by atoms with Crippen molar-refractivity contribution in [3.8, 4) is 11.5 Å². The lowest BCUT2D eigenvalue weighted by molar-refractivity contribution is -0.145. The Kier molecular flexibility index (Phi) is 15.3. The van der Waals surface area contributed by atoms with E-state index in [1.165, 1.54) is 14.2 Å². The van der Waals surface area contributed by atoms with Crippen LogP contribution < -0.4 is 19.3 Å². The minimum atomic E-state index is -0.403. The molecule has 1 fully saturated rings. The molecule has 0 atom stereocenters. The van der Waals surface area contributed by atoms with Crippen molar-refractivity contribution in [3.63, 3.8) is 0 Å². The van der Waals surface area contributed by atoms with Crippen LogP contribution in [-0.4, -0.2) is 49.9 Å². The van der Waals surface area contributed by atoms with Crippen molar-refractivity contribution < 1.29 is 47.7 Å². The molecule has 6 aromatic carbocycles. The van der Waals surface area contributed by atoms with Crippen molar-refractivity contribution in [1.29, 1.82) is 0 Å². The summed E-state index contributed by atoms with van der Waals surface area (Å²) in [4.78, 5) is 83.9. The van der Waals surface area contributed by atoms with E-state index in [0.29, 0.717) is 71.1 Å². The van der Waals surface area contributed by atoms with Crippen LogP contribution in [0, 0.1) is 11.8 Å². The quantitative estimate of drug-likeness (QED) is 0.0763. The highest BCUT2D eigenvalue weighted by Crippen LogP contribution is 2.37. The number of ether oxygens (including phenoxy) is 4. The van der Waals surface area contributed by atoms with Gasteiger partial charge in [-0.2, -0.15) is 0 Å². The number of para-hydroxylation sites is 2. The lowest BCUT2D eigenvalue weighted by Gasteiger charge is -2.28. The molecule has 0 heterocycles. The number of fused-ring (bicyclic) bond motifs is 2. The summed E-state index contributed by atoms with van der Waals surface area (Å²) in [6.07, 6.45) is 9.04. The maximum Gasteiger partial charge on any atom is 0.314 e. The summed E-state index contributed by atoms with van der Waals surface area (Å²) in [6.45, 7) is 0. The fourth-order valence-electron chi connectivity index (χ4n) is 10.5. The average molecular weight is 967 g/mol. The molecule has 0 N–H and O–H groups in total. The Labute approximate surface area is 419 Å². The van der Waals surface area contributed by atoms with Crippen LogP contribution in [0.25, 0.3) is 0 Å². The van der Waals surface area contributed by atoms with E-state index in [0.717, 1.165) is 84.7 Å². The Morgan fingerprint density at radius 3 is 1.10 bits per heavy atom. The second kappa shape index (κ2) is 22.5. The molecule has 368 valence electrons. The van der Waals surface area contributed by atoms with E-state index in [1.54, 1.807) is 58.3 Å². The van der Waals surface area contributed by atoms with Gasteiger partial charge in [0.15, 0.2) is 0 Å². The van der Waals surface area contributed by atoms with E-state index in [1.807, 2.05) is 84.9 Å². The van der Waals surface area contributed by atoms with Crippen molar-refractivity contribution in [3.05, 3.63) is 178 Å². The van der Waals surface area contributed by atoms with Crippen LogP contribution in [0.3, 0.4) is 0 Å². The predicted octanol–water partition coefficient (Wildman–Crippen LogP) is 11.1. The average Bonchev–Trinajstić information content (AvgIpc) is 3.42. The number of methoxy groups -OCH3 is 2. The maximum absolute atomic E-state index is 14.6. The zero-order chi connectivity index (χ0) is 50.1. The van der Waals surface area contributed by atoms with Gasteiger partial charge in [0.25, 0.3) is 11.8 Å². The molecule has 0 aromatic heterocycles. The van der Waals surface area contributed by atoms with E-state index in [4.69, 9.17) is 18.9 Å².